The first-order chi connectivity index (χ1) is 13.2. The summed E-state index contributed by atoms with van der Waals surface area (Å²) in [5.74, 6) is 0.954. The molecule has 8 nitrogen and oxygen atoms in total. The summed E-state index contributed by atoms with van der Waals surface area (Å²) in [5.41, 5.74) is 1.96. The second-order valence-electron chi connectivity index (χ2n) is 6.58. The molecule has 0 radical (unpaired) electrons. The molecule has 2 aliphatic heterocycles. The maximum Gasteiger partial charge on any atom is 0.264 e. The molecule has 0 bridgehead atoms. The molecule has 2 aliphatic rings. The van der Waals surface area contributed by atoms with Gasteiger partial charge in [0.05, 0.1) is 36.2 Å². The van der Waals surface area contributed by atoms with Gasteiger partial charge in [-0.3, -0.25) is 9.69 Å². The zero-order chi connectivity index (χ0) is 18.4. The van der Waals surface area contributed by atoms with Crippen LogP contribution in [0.25, 0.3) is 5.69 Å². The van der Waals surface area contributed by atoms with Crippen molar-refractivity contribution in [1.82, 2.24) is 24.7 Å². The quantitative estimate of drug-likeness (QED) is 0.704. The Morgan fingerprint density at radius 2 is 2.00 bits per heavy atom. The van der Waals surface area contributed by atoms with Gasteiger partial charge in [-0.1, -0.05) is 0 Å². The molecule has 5 heterocycles. The van der Waals surface area contributed by atoms with Gasteiger partial charge in [-0.2, -0.15) is 5.10 Å². The number of hydrogen-bond donors (Lipinski definition) is 0. The first-order valence-electron chi connectivity index (χ1n) is 8.72. The Kier molecular flexibility index (Phi) is 3.59. The number of aromatic nitrogens is 5. The Hall–Kier alpha value is -3.36. The van der Waals surface area contributed by atoms with Gasteiger partial charge in [-0.25, -0.2) is 24.0 Å². The van der Waals surface area contributed by atoms with Crippen LogP contribution in [0.15, 0.2) is 43.0 Å². The van der Waals surface area contributed by atoms with Crippen LogP contribution in [0.5, 0.6) is 0 Å². The highest BCUT2D eigenvalue weighted by Crippen LogP contribution is 2.26. The van der Waals surface area contributed by atoms with Crippen LogP contribution in [0.3, 0.4) is 0 Å². The highest BCUT2D eigenvalue weighted by Gasteiger charge is 2.33. The van der Waals surface area contributed by atoms with Gasteiger partial charge in [0.2, 0.25) is 5.95 Å². The summed E-state index contributed by atoms with van der Waals surface area (Å²) in [6.07, 6.45) is 6.34. The fourth-order valence-electron chi connectivity index (χ4n) is 3.42. The van der Waals surface area contributed by atoms with E-state index in [9.17, 15) is 9.18 Å². The number of nitrogens with zero attached hydrogens (tertiary/aromatic N) is 7. The van der Waals surface area contributed by atoms with Crippen LogP contribution >= 0.6 is 0 Å². The van der Waals surface area contributed by atoms with E-state index in [0.717, 1.165) is 11.5 Å². The van der Waals surface area contributed by atoms with E-state index in [4.69, 9.17) is 0 Å². The molecule has 3 aromatic rings. The lowest BCUT2D eigenvalue weighted by Crippen LogP contribution is -2.25. The first kappa shape index (κ1) is 15.9. The molecule has 0 unspecified atom stereocenters. The molecule has 3 aromatic heterocycles. The monoisotopic (exact) mass is 365 g/mol. The molecule has 0 aliphatic carbocycles. The highest BCUT2D eigenvalue weighted by molar-refractivity contribution is 6.08. The molecule has 27 heavy (non-hydrogen) atoms. The molecule has 0 saturated carbocycles. The number of anilines is 2. The number of pyridine rings is 1. The average molecular weight is 365 g/mol. The smallest absolute Gasteiger partial charge is 0.264 e. The second-order valence-corrected chi connectivity index (χ2v) is 6.58. The van der Waals surface area contributed by atoms with Gasteiger partial charge in [0.15, 0.2) is 0 Å². The maximum absolute atomic E-state index is 13.4. The van der Waals surface area contributed by atoms with E-state index in [1.165, 1.54) is 4.90 Å². The summed E-state index contributed by atoms with van der Waals surface area (Å²) in [4.78, 5) is 28.7. The molecule has 0 spiro atoms. The number of alkyl halides is 1. The van der Waals surface area contributed by atoms with Gasteiger partial charge >= 0.3 is 0 Å². The van der Waals surface area contributed by atoms with E-state index in [2.05, 4.69) is 20.1 Å². The molecule has 0 aromatic carbocycles. The number of halogens is 1. The third-order valence-electron chi connectivity index (χ3n) is 4.82. The Balaban J connectivity index is 1.37. The van der Waals surface area contributed by atoms with Crippen LogP contribution in [0.4, 0.5) is 16.2 Å². The van der Waals surface area contributed by atoms with E-state index in [1.54, 1.807) is 35.5 Å². The fourth-order valence-corrected chi connectivity index (χ4v) is 3.42. The van der Waals surface area contributed by atoms with Crippen molar-refractivity contribution in [2.24, 2.45) is 0 Å². The topological polar surface area (TPSA) is 80.0 Å². The van der Waals surface area contributed by atoms with Crippen molar-refractivity contribution in [3.05, 3.63) is 54.2 Å². The van der Waals surface area contributed by atoms with E-state index in [1.807, 2.05) is 17.0 Å². The number of carbonyl (C=O) groups excluding carboxylic acids is 1. The lowest BCUT2D eigenvalue weighted by atomic mass is 10.3. The van der Waals surface area contributed by atoms with E-state index >= 15 is 0 Å². The van der Waals surface area contributed by atoms with Gasteiger partial charge in [0, 0.05) is 25.1 Å². The van der Waals surface area contributed by atoms with Gasteiger partial charge < -0.3 is 4.90 Å². The summed E-state index contributed by atoms with van der Waals surface area (Å²) in [5, 5.41) is 4.51. The first-order valence-corrected chi connectivity index (χ1v) is 8.72. The zero-order valence-corrected chi connectivity index (χ0v) is 14.4. The number of fused-ring (bicyclic) bond motifs is 1. The molecule has 1 atom stereocenters. The largest absolute Gasteiger partial charge is 0.354 e. The van der Waals surface area contributed by atoms with Crippen LogP contribution < -0.4 is 9.80 Å². The molecule has 1 fully saturated rings. The Morgan fingerprint density at radius 3 is 2.67 bits per heavy atom. The SMILES string of the molecule is O=C1c2cn(-c3ccc(N4CC[C@H](F)C4)nc3)nc2CN1c1ncccn1. The van der Waals surface area contributed by atoms with Gasteiger partial charge in [0.25, 0.3) is 5.91 Å². The summed E-state index contributed by atoms with van der Waals surface area (Å²) >= 11 is 0. The number of rotatable bonds is 3. The van der Waals surface area contributed by atoms with Crippen molar-refractivity contribution in [2.45, 2.75) is 19.1 Å². The average Bonchev–Trinajstić information content (AvgIpc) is 3.39. The molecule has 5 rings (SSSR count). The lowest BCUT2D eigenvalue weighted by molar-refractivity contribution is 0.0994. The van der Waals surface area contributed by atoms with E-state index < -0.39 is 6.17 Å². The van der Waals surface area contributed by atoms with Crippen molar-refractivity contribution >= 4 is 17.7 Å². The minimum Gasteiger partial charge on any atom is -0.354 e. The molecule has 9 heteroatoms. The van der Waals surface area contributed by atoms with Crippen LogP contribution in [-0.2, 0) is 6.54 Å². The standard InChI is InChI=1S/C18H16FN7O/c19-12-4-7-24(9-12)16-3-2-13(8-22-16)26-10-14-15(23-26)11-25(17(14)27)18-20-5-1-6-21-18/h1-3,5-6,8,10,12H,4,7,9,11H2/t12-/m0/s1. The van der Waals surface area contributed by atoms with Gasteiger partial charge in [-0.05, 0) is 24.6 Å². The van der Waals surface area contributed by atoms with Crippen molar-refractivity contribution in [3.8, 4) is 5.69 Å². The molecule has 1 amide bonds. The Morgan fingerprint density at radius 1 is 1.15 bits per heavy atom. The van der Waals surface area contributed by atoms with E-state index in [0.29, 0.717) is 43.3 Å². The van der Waals surface area contributed by atoms with Gasteiger partial charge in [-0.15, -0.1) is 0 Å². The van der Waals surface area contributed by atoms with Crippen LogP contribution in [0.2, 0.25) is 0 Å². The summed E-state index contributed by atoms with van der Waals surface area (Å²) < 4.78 is 15.0. The van der Waals surface area contributed by atoms with Crippen molar-refractivity contribution in [2.75, 3.05) is 22.9 Å². The van der Waals surface area contributed by atoms with Gasteiger partial charge in [0.1, 0.15) is 12.0 Å². The predicted octanol–water partition coefficient (Wildman–Crippen LogP) is 1.77. The van der Waals surface area contributed by atoms with Crippen LogP contribution in [0, 0.1) is 0 Å². The lowest BCUT2D eigenvalue weighted by Gasteiger charge is -2.16. The van der Waals surface area contributed by atoms with Crippen LogP contribution in [0.1, 0.15) is 22.5 Å². The number of hydrogen-bond acceptors (Lipinski definition) is 6. The minimum absolute atomic E-state index is 0.168. The minimum atomic E-state index is -0.789. The summed E-state index contributed by atoms with van der Waals surface area (Å²) in [7, 11) is 0. The van der Waals surface area contributed by atoms with Crippen molar-refractivity contribution in [3.63, 3.8) is 0 Å². The molecular weight excluding hydrogens is 349 g/mol. The molecule has 136 valence electrons. The Labute approximate surface area is 154 Å². The zero-order valence-electron chi connectivity index (χ0n) is 14.4. The third-order valence-corrected chi connectivity index (χ3v) is 4.82. The highest BCUT2D eigenvalue weighted by atomic mass is 19.1. The summed E-state index contributed by atoms with van der Waals surface area (Å²) in [6, 6.07) is 5.43. The number of carbonyl (C=O) groups is 1. The maximum atomic E-state index is 13.4. The van der Waals surface area contributed by atoms with E-state index in [-0.39, 0.29) is 5.91 Å². The predicted molar refractivity (Wildman–Crippen MR) is 95.6 cm³/mol. The van der Waals surface area contributed by atoms with Crippen molar-refractivity contribution < 1.29 is 9.18 Å². The molecule has 1 saturated heterocycles. The second kappa shape index (κ2) is 6.11. The number of amides is 1. The molecular formula is C18H16FN7O. The van der Waals surface area contributed by atoms with Crippen LogP contribution in [-0.4, -0.2) is 49.9 Å². The summed E-state index contributed by atoms with van der Waals surface area (Å²) in [6.45, 7) is 1.39. The molecule has 0 N–H and O–H groups in total. The fraction of sp³-hybridized carbons (Fsp3) is 0.278. The normalized spacial score (nSPS) is 19.0. The third kappa shape index (κ3) is 2.71. The van der Waals surface area contributed by atoms with Crippen molar-refractivity contribution in [1.29, 1.82) is 0 Å². The Bertz CT molecular complexity index is 989.